The number of nitrogens with zero attached hydrogens (tertiary/aromatic N) is 1. The Balaban J connectivity index is 2.01. The molecule has 2 atom stereocenters. The summed E-state index contributed by atoms with van der Waals surface area (Å²) in [4.78, 5) is 3.93. The molecule has 1 saturated heterocycles. The van der Waals surface area contributed by atoms with Crippen LogP contribution in [0.2, 0.25) is 0 Å². The molecule has 1 N–H and O–H groups in total. The lowest BCUT2D eigenvalue weighted by Crippen LogP contribution is -2.20. The maximum Gasteiger partial charge on any atom is 0.165 e. The molecule has 2 heterocycles. The van der Waals surface area contributed by atoms with Crippen LogP contribution in [0.25, 0.3) is 0 Å². The molecule has 0 aliphatic carbocycles. The highest BCUT2D eigenvalue weighted by molar-refractivity contribution is 5.36. The van der Waals surface area contributed by atoms with Crippen molar-refractivity contribution >= 4 is 5.82 Å². The first-order valence-electron chi connectivity index (χ1n) is 4.74. The fourth-order valence-electron chi connectivity index (χ4n) is 1.60. The van der Waals surface area contributed by atoms with E-state index in [1.54, 1.807) is 12.3 Å². The van der Waals surface area contributed by atoms with Crippen molar-refractivity contribution in [1.82, 2.24) is 4.98 Å². The van der Waals surface area contributed by atoms with E-state index < -0.39 is 0 Å². The van der Waals surface area contributed by atoms with Gasteiger partial charge in [0.2, 0.25) is 0 Å². The van der Waals surface area contributed by atoms with Gasteiger partial charge in [0, 0.05) is 6.20 Å². The summed E-state index contributed by atoms with van der Waals surface area (Å²) in [5.41, 5.74) is 0. The molecule has 1 fully saturated rings. The zero-order chi connectivity index (χ0) is 9.97. The van der Waals surface area contributed by atoms with Crippen molar-refractivity contribution in [2.45, 2.75) is 25.5 Å². The lowest BCUT2D eigenvalue weighted by Gasteiger charge is -2.11. The van der Waals surface area contributed by atoms with Gasteiger partial charge in [-0.25, -0.2) is 9.37 Å². The summed E-state index contributed by atoms with van der Waals surface area (Å²) in [5, 5.41) is 3.03. The van der Waals surface area contributed by atoms with Gasteiger partial charge < -0.3 is 10.1 Å². The molecule has 1 aliphatic rings. The van der Waals surface area contributed by atoms with Gasteiger partial charge in [-0.2, -0.15) is 0 Å². The summed E-state index contributed by atoms with van der Waals surface area (Å²) in [6.45, 7) is 2.63. The number of hydrogen-bond acceptors (Lipinski definition) is 3. The molecule has 0 amide bonds. The highest BCUT2D eigenvalue weighted by Crippen LogP contribution is 2.18. The number of ether oxygens (including phenoxy) is 1. The van der Waals surface area contributed by atoms with Crippen LogP contribution in [0.1, 0.15) is 13.3 Å². The molecule has 3 nitrogen and oxygen atoms in total. The van der Waals surface area contributed by atoms with Crippen LogP contribution < -0.4 is 5.32 Å². The summed E-state index contributed by atoms with van der Waals surface area (Å²) in [7, 11) is 0. The molecule has 2 rings (SSSR count). The van der Waals surface area contributed by atoms with Crippen LogP contribution in [0.3, 0.4) is 0 Å². The predicted octanol–water partition coefficient (Wildman–Crippen LogP) is 1.81. The molecule has 0 radical (unpaired) electrons. The average molecular weight is 196 g/mol. The van der Waals surface area contributed by atoms with Gasteiger partial charge in [-0.15, -0.1) is 0 Å². The SMILES string of the molecule is C[C@H]1C[C@H](Nc2ncccc2F)CO1. The quantitative estimate of drug-likeness (QED) is 0.783. The van der Waals surface area contributed by atoms with Gasteiger partial charge in [-0.1, -0.05) is 0 Å². The summed E-state index contributed by atoms with van der Waals surface area (Å²) < 4.78 is 18.5. The number of hydrogen-bond donors (Lipinski definition) is 1. The zero-order valence-electron chi connectivity index (χ0n) is 8.03. The van der Waals surface area contributed by atoms with Gasteiger partial charge in [0.05, 0.1) is 18.8 Å². The normalized spacial score (nSPS) is 26.4. The molecular formula is C10H13FN2O. The van der Waals surface area contributed by atoms with Gasteiger partial charge >= 0.3 is 0 Å². The largest absolute Gasteiger partial charge is 0.376 e. The molecular weight excluding hydrogens is 183 g/mol. The molecule has 0 spiro atoms. The highest BCUT2D eigenvalue weighted by atomic mass is 19.1. The van der Waals surface area contributed by atoms with Crippen molar-refractivity contribution in [1.29, 1.82) is 0 Å². The van der Waals surface area contributed by atoms with Crippen molar-refractivity contribution in [3.63, 3.8) is 0 Å². The van der Waals surface area contributed by atoms with E-state index >= 15 is 0 Å². The van der Waals surface area contributed by atoms with Gasteiger partial charge in [-0.05, 0) is 25.5 Å². The Morgan fingerprint density at radius 3 is 3.14 bits per heavy atom. The lowest BCUT2D eigenvalue weighted by atomic mass is 10.2. The van der Waals surface area contributed by atoms with Crippen molar-refractivity contribution < 1.29 is 9.13 Å². The van der Waals surface area contributed by atoms with Crippen LogP contribution in [0, 0.1) is 5.82 Å². The minimum absolute atomic E-state index is 0.175. The Bertz CT molecular complexity index is 319. The molecule has 76 valence electrons. The summed E-state index contributed by atoms with van der Waals surface area (Å²) in [6, 6.07) is 3.15. The number of halogens is 1. The second kappa shape index (κ2) is 3.92. The number of pyridine rings is 1. The van der Waals surface area contributed by atoms with E-state index in [-0.39, 0.29) is 18.0 Å². The summed E-state index contributed by atoms with van der Waals surface area (Å²) in [6.07, 6.45) is 2.72. The van der Waals surface area contributed by atoms with Crippen LogP contribution in [0.15, 0.2) is 18.3 Å². The Kier molecular flexibility index (Phi) is 2.63. The standard InChI is InChI=1S/C10H13FN2O/c1-7-5-8(6-14-7)13-10-9(11)3-2-4-12-10/h2-4,7-8H,5-6H2,1H3,(H,12,13)/t7-,8-/m0/s1. The van der Waals surface area contributed by atoms with E-state index in [4.69, 9.17) is 4.74 Å². The van der Waals surface area contributed by atoms with Crippen molar-refractivity contribution in [2.75, 3.05) is 11.9 Å². The topological polar surface area (TPSA) is 34.2 Å². The predicted molar refractivity (Wildman–Crippen MR) is 51.6 cm³/mol. The minimum atomic E-state index is -0.313. The van der Waals surface area contributed by atoms with Crippen molar-refractivity contribution in [3.8, 4) is 0 Å². The lowest BCUT2D eigenvalue weighted by molar-refractivity contribution is 0.124. The van der Waals surface area contributed by atoms with Crippen LogP contribution in [0.5, 0.6) is 0 Å². The average Bonchev–Trinajstić information content (AvgIpc) is 2.56. The van der Waals surface area contributed by atoms with E-state index in [2.05, 4.69) is 10.3 Å². The van der Waals surface area contributed by atoms with E-state index in [9.17, 15) is 4.39 Å². The molecule has 1 aliphatic heterocycles. The Morgan fingerprint density at radius 2 is 2.50 bits per heavy atom. The third-order valence-electron chi connectivity index (χ3n) is 2.30. The molecule has 4 heteroatoms. The van der Waals surface area contributed by atoms with E-state index in [1.165, 1.54) is 6.07 Å². The van der Waals surface area contributed by atoms with Crippen LogP contribution in [-0.4, -0.2) is 23.7 Å². The van der Waals surface area contributed by atoms with Crippen molar-refractivity contribution in [2.24, 2.45) is 0 Å². The van der Waals surface area contributed by atoms with Crippen molar-refractivity contribution in [3.05, 3.63) is 24.1 Å². The molecule has 0 aromatic carbocycles. The third-order valence-corrected chi connectivity index (χ3v) is 2.30. The van der Waals surface area contributed by atoms with Crippen LogP contribution in [0.4, 0.5) is 10.2 Å². The van der Waals surface area contributed by atoms with Gasteiger partial charge in [-0.3, -0.25) is 0 Å². The maximum atomic E-state index is 13.2. The fraction of sp³-hybridized carbons (Fsp3) is 0.500. The first-order chi connectivity index (χ1) is 6.75. The Hall–Kier alpha value is -1.16. The molecule has 1 aromatic heterocycles. The summed E-state index contributed by atoms with van der Waals surface area (Å²) in [5.74, 6) is 0.00209. The Morgan fingerprint density at radius 1 is 1.64 bits per heavy atom. The molecule has 14 heavy (non-hydrogen) atoms. The number of rotatable bonds is 2. The number of anilines is 1. The minimum Gasteiger partial charge on any atom is -0.376 e. The van der Waals surface area contributed by atoms with E-state index in [1.807, 2.05) is 6.92 Å². The van der Waals surface area contributed by atoms with E-state index in [0.717, 1.165) is 6.42 Å². The number of aromatic nitrogens is 1. The first kappa shape index (κ1) is 9.40. The highest BCUT2D eigenvalue weighted by Gasteiger charge is 2.22. The summed E-state index contributed by atoms with van der Waals surface area (Å²) >= 11 is 0. The molecule has 0 bridgehead atoms. The van der Waals surface area contributed by atoms with Gasteiger partial charge in [0.1, 0.15) is 0 Å². The zero-order valence-corrected chi connectivity index (χ0v) is 8.03. The second-order valence-corrected chi connectivity index (χ2v) is 3.55. The molecule has 0 unspecified atom stereocenters. The first-order valence-corrected chi connectivity index (χ1v) is 4.74. The van der Waals surface area contributed by atoms with E-state index in [0.29, 0.717) is 12.4 Å². The van der Waals surface area contributed by atoms with Gasteiger partial charge in [0.25, 0.3) is 0 Å². The van der Waals surface area contributed by atoms with Gasteiger partial charge in [0.15, 0.2) is 11.6 Å². The Labute approximate surface area is 82.3 Å². The van der Waals surface area contributed by atoms with Crippen LogP contribution >= 0.6 is 0 Å². The third kappa shape index (κ3) is 2.01. The monoisotopic (exact) mass is 196 g/mol. The molecule has 0 saturated carbocycles. The maximum absolute atomic E-state index is 13.2. The fourth-order valence-corrected chi connectivity index (χ4v) is 1.60. The number of nitrogens with one attached hydrogen (secondary N) is 1. The second-order valence-electron chi connectivity index (χ2n) is 3.55. The molecule has 1 aromatic rings. The van der Waals surface area contributed by atoms with Crippen LogP contribution in [-0.2, 0) is 4.74 Å². The smallest absolute Gasteiger partial charge is 0.165 e.